The van der Waals surface area contributed by atoms with Crippen LogP contribution in [0, 0.1) is 0 Å². The number of ether oxygens (including phenoxy) is 2. The summed E-state index contributed by atoms with van der Waals surface area (Å²) in [5.41, 5.74) is 0. The summed E-state index contributed by atoms with van der Waals surface area (Å²) in [4.78, 5) is 21.8. The van der Waals surface area contributed by atoms with Gasteiger partial charge in [0.1, 0.15) is 6.54 Å². The van der Waals surface area contributed by atoms with E-state index in [1.54, 1.807) is 30.3 Å². The van der Waals surface area contributed by atoms with Crippen molar-refractivity contribution in [2.75, 3.05) is 53.5 Å². The minimum absolute atomic E-state index is 0.0114. The molecule has 3 rings (SSSR count). The fourth-order valence-electron chi connectivity index (χ4n) is 3.56. The molecular weight excluding hydrogens is 388 g/mol. The van der Waals surface area contributed by atoms with Gasteiger partial charge < -0.3 is 24.6 Å². The first-order valence-corrected chi connectivity index (χ1v) is 11.5. The van der Waals surface area contributed by atoms with Gasteiger partial charge in [0.05, 0.1) is 18.8 Å². The predicted octanol–water partition coefficient (Wildman–Crippen LogP) is 1.98. The maximum atomic E-state index is 12.0. The average Bonchev–Trinajstić information content (AvgIpc) is 3.43. The van der Waals surface area contributed by atoms with Crippen molar-refractivity contribution < 1.29 is 14.3 Å². The second kappa shape index (κ2) is 11.5. The molecule has 1 amide bonds. The van der Waals surface area contributed by atoms with Crippen LogP contribution < -0.4 is 5.32 Å². The highest BCUT2D eigenvalue weighted by molar-refractivity contribution is 7.09. The van der Waals surface area contributed by atoms with Crippen molar-refractivity contribution in [1.82, 2.24) is 15.1 Å². The van der Waals surface area contributed by atoms with Crippen LogP contribution in [0.15, 0.2) is 22.5 Å². The summed E-state index contributed by atoms with van der Waals surface area (Å²) in [5, 5.41) is 5.56. The quantitative estimate of drug-likeness (QED) is 0.513. The molecule has 1 aromatic rings. The van der Waals surface area contributed by atoms with E-state index in [0.29, 0.717) is 6.61 Å². The number of carbonyl (C=O) groups excluding carboxylic acids is 1. The molecule has 7 nitrogen and oxygen atoms in total. The SMILES string of the molecule is CN(C)C(=O)CN=C(NCCc1cccs1)N1CCC(OCC2CCCO2)CC1. The number of hydrogen-bond acceptors (Lipinski definition) is 5. The number of piperidine rings is 1. The minimum atomic E-state index is 0.0114. The summed E-state index contributed by atoms with van der Waals surface area (Å²) < 4.78 is 11.7. The van der Waals surface area contributed by atoms with Gasteiger partial charge in [0.25, 0.3) is 0 Å². The van der Waals surface area contributed by atoms with E-state index in [2.05, 4.69) is 32.7 Å². The number of nitrogens with one attached hydrogen (secondary N) is 1. The van der Waals surface area contributed by atoms with Crippen LogP contribution in [0.5, 0.6) is 0 Å². The van der Waals surface area contributed by atoms with E-state index in [4.69, 9.17) is 9.47 Å². The zero-order chi connectivity index (χ0) is 20.5. The molecule has 0 aliphatic carbocycles. The van der Waals surface area contributed by atoms with Crippen LogP contribution in [0.3, 0.4) is 0 Å². The van der Waals surface area contributed by atoms with Crippen molar-refractivity contribution in [3.63, 3.8) is 0 Å². The van der Waals surface area contributed by atoms with Crippen molar-refractivity contribution in [2.45, 2.75) is 44.3 Å². The highest BCUT2D eigenvalue weighted by Crippen LogP contribution is 2.18. The number of guanidine groups is 1. The van der Waals surface area contributed by atoms with Crippen LogP contribution in [0.4, 0.5) is 0 Å². The van der Waals surface area contributed by atoms with Gasteiger partial charge in [-0.25, -0.2) is 4.99 Å². The highest BCUT2D eigenvalue weighted by atomic mass is 32.1. The number of amides is 1. The first-order chi connectivity index (χ1) is 14.1. The Balaban J connectivity index is 1.48. The topological polar surface area (TPSA) is 66.4 Å². The molecule has 2 saturated heterocycles. The first-order valence-electron chi connectivity index (χ1n) is 10.6. The molecule has 162 valence electrons. The van der Waals surface area contributed by atoms with Gasteiger partial charge in [0, 0.05) is 45.2 Å². The van der Waals surface area contributed by atoms with Crippen LogP contribution in [0.25, 0.3) is 0 Å². The lowest BCUT2D eigenvalue weighted by atomic mass is 10.1. The molecule has 0 spiro atoms. The fourth-order valence-corrected chi connectivity index (χ4v) is 4.27. The molecule has 1 aromatic heterocycles. The Labute approximate surface area is 178 Å². The van der Waals surface area contributed by atoms with E-state index in [0.717, 1.165) is 64.3 Å². The molecule has 8 heteroatoms. The van der Waals surface area contributed by atoms with E-state index in [9.17, 15) is 4.79 Å². The molecule has 0 aromatic carbocycles. The van der Waals surface area contributed by atoms with Crippen molar-refractivity contribution in [3.05, 3.63) is 22.4 Å². The Kier molecular flexibility index (Phi) is 8.76. The molecular formula is C21H34N4O3S. The van der Waals surface area contributed by atoms with Crippen LogP contribution in [0.2, 0.25) is 0 Å². The number of rotatable bonds is 8. The van der Waals surface area contributed by atoms with Gasteiger partial charge in [-0.1, -0.05) is 6.07 Å². The number of carbonyl (C=O) groups is 1. The van der Waals surface area contributed by atoms with Crippen LogP contribution in [-0.4, -0.2) is 87.4 Å². The molecule has 1 atom stereocenters. The lowest BCUT2D eigenvalue weighted by molar-refractivity contribution is -0.127. The van der Waals surface area contributed by atoms with Crippen LogP contribution >= 0.6 is 11.3 Å². The number of likely N-dealkylation sites (N-methyl/N-ethyl adjacent to an activating group) is 1. The summed E-state index contributed by atoms with van der Waals surface area (Å²) in [6.45, 7) is 4.33. The van der Waals surface area contributed by atoms with Gasteiger partial charge in [-0.3, -0.25) is 4.79 Å². The lowest BCUT2D eigenvalue weighted by Gasteiger charge is -2.34. The first kappa shape index (κ1) is 22.1. The monoisotopic (exact) mass is 422 g/mol. The number of hydrogen-bond donors (Lipinski definition) is 1. The van der Waals surface area contributed by atoms with Crippen LogP contribution in [-0.2, 0) is 20.7 Å². The van der Waals surface area contributed by atoms with E-state index < -0.39 is 0 Å². The van der Waals surface area contributed by atoms with Crippen molar-refractivity contribution >= 4 is 23.2 Å². The van der Waals surface area contributed by atoms with Crippen LogP contribution in [0.1, 0.15) is 30.6 Å². The van der Waals surface area contributed by atoms with Gasteiger partial charge in [-0.15, -0.1) is 11.3 Å². The Bertz CT molecular complexity index is 636. The Morgan fingerprint density at radius 2 is 2.21 bits per heavy atom. The zero-order valence-corrected chi connectivity index (χ0v) is 18.5. The minimum Gasteiger partial charge on any atom is -0.376 e. The summed E-state index contributed by atoms with van der Waals surface area (Å²) in [7, 11) is 3.53. The van der Waals surface area contributed by atoms with Crippen molar-refractivity contribution in [3.8, 4) is 0 Å². The Hall–Kier alpha value is -1.64. The molecule has 2 aliphatic rings. The standard InChI is InChI=1S/C21H34N4O3S/c1-24(2)20(26)15-23-21(22-10-7-19-6-4-14-29-19)25-11-8-17(9-12-25)28-16-18-5-3-13-27-18/h4,6,14,17-18H,3,5,7-13,15-16H2,1-2H3,(H,22,23). The highest BCUT2D eigenvalue weighted by Gasteiger charge is 2.24. The Morgan fingerprint density at radius 3 is 2.86 bits per heavy atom. The molecule has 0 saturated carbocycles. The average molecular weight is 423 g/mol. The molecule has 3 heterocycles. The zero-order valence-electron chi connectivity index (χ0n) is 17.6. The lowest BCUT2D eigenvalue weighted by Crippen LogP contribution is -2.48. The number of aliphatic imine (C=N–C) groups is 1. The predicted molar refractivity (Wildman–Crippen MR) is 117 cm³/mol. The second-order valence-corrected chi connectivity index (χ2v) is 8.87. The summed E-state index contributed by atoms with van der Waals surface area (Å²) in [5.74, 6) is 0.840. The molecule has 2 fully saturated rings. The summed E-state index contributed by atoms with van der Waals surface area (Å²) in [6.07, 6.45) is 5.73. The number of thiophene rings is 1. The molecule has 1 unspecified atom stereocenters. The van der Waals surface area contributed by atoms with E-state index in [1.807, 2.05) is 0 Å². The smallest absolute Gasteiger partial charge is 0.243 e. The van der Waals surface area contributed by atoms with Gasteiger partial charge in [0.15, 0.2) is 5.96 Å². The third kappa shape index (κ3) is 7.28. The normalized spacial score (nSPS) is 20.8. The van der Waals surface area contributed by atoms with Crippen molar-refractivity contribution in [2.24, 2.45) is 4.99 Å². The second-order valence-electron chi connectivity index (χ2n) is 7.84. The molecule has 1 N–H and O–H groups in total. The molecule has 2 aliphatic heterocycles. The van der Waals surface area contributed by atoms with Gasteiger partial charge in [-0.05, 0) is 43.6 Å². The molecule has 0 radical (unpaired) electrons. The third-order valence-electron chi connectivity index (χ3n) is 5.38. The summed E-state index contributed by atoms with van der Waals surface area (Å²) >= 11 is 1.77. The van der Waals surface area contributed by atoms with E-state index >= 15 is 0 Å². The number of nitrogens with zero attached hydrogens (tertiary/aromatic N) is 3. The van der Waals surface area contributed by atoms with Gasteiger partial charge >= 0.3 is 0 Å². The van der Waals surface area contributed by atoms with Gasteiger partial charge in [-0.2, -0.15) is 0 Å². The largest absolute Gasteiger partial charge is 0.376 e. The Morgan fingerprint density at radius 1 is 1.38 bits per heavy atom. The number of likely N-dealkylation sites (tertiary alicyclic amines) is 1. The van der Waals surface area contributed by atoms with Gasteiger partial charge in [0.2, 0.25) is 5.91 Å². The van der Waals surface area contributed by atoms with E-state index in [-0.39, 0.29) is 24.7 Å². The summed E-state index contributed by atoms with van der Waals surface area (Å²) in [6, 6.07) is 4.22. The maximum absolute atomic E-state index is 12.0. The van der Waals surface area contributed by atoms with E-state index in [1.165, 1.54) is 4.88 Å². The molecule has 0 bridgehead atoms. The molecule has 29 heavy (non-hydrogen) atoms. The fraction of sp³-hybridized carbons (Fsp3) is 0.714. The van der Waals surface area contributed by atoms with Crippen molar-refractivity contribution in [1.29, 1.82) is 0 Å². The maximum Gasteiger partial charge on any atom is 0.243 e. The third-order valence-corrected chi connectivity index (χ3v) is 6.32.